The zero-order valence-corrected chi connectivity index (χ0v) is 10.1. The van der Waals surface area contributed by atoms with E-state index >= 15 is 0 Å². The third-order valence-electron chi connectivity index (χ3n) is 3.42. The van der Waals surface area contributed by atoms with Crippen molar-refractivity contribution >= 4 is 5.78 Å². The predicted molar refractivity (Wildman–Crippen MR) is 61.9 cm³/mol. The molecule has 0 amide bonds. The first kappa shape index (κ1) is 12.7. The van der Waals surface area contributed by atoms with Crippen molar-refractivity contribution in [3.05, 3.63) is 0 Å². The highest BCUT2D eigenvalue weighted by Crippen LogP contribution is 2.24. The fourth-order valence-electron chi connectivity index (χ4n) is 2.31. The van der Waals surface area contributed by atoms with E-state index < -0.39 is 0 Å². The van der Waals surface area contributed by atoms with Gasteiger partial charge in [0.2, 0.25) is 0 Å². The number of carbonyl (C=O) groups excluding carboxylic acids is 1. The summed E-state index contributed by atoms with van der Waals surface area (Å²) in [6.07, 6.45) is 6.37. The summed E-state index contributed by atoms with van der Waals surface area (Å²) in [5.74, 6) is 1.11. The number of ether oxygens (including phenoxy) is 1. The van der Waals surface area contributed by atoms with Gasteiger partial charge in [-0.05, 0) is 25.7 Å². The minimum Gasteiger partial charge on any atom is -0.381 e. The third kappa shape index (κ3) is 3.94. The van der Waals surface area contributed by atoms with Crippen molar-refractivity contribution in [2.24, 2.45) is 11.8 Å². The molecule has 0 aromatic carbocycles. The van der Waals surface area contributed by atoms with E-state index in [0.29, 0.717) is 17.6 Å². The highest BCUT2D eigenvalue weighted by molar-refractivity contribution is 5.83. The summed E-state index contributed by atoms with van der Waals surface area (Å²) >= 11 is 0. The summed E-state index contributed by atoms with van der Waals surface area (Å²) in [7, 11) is 0. The van der Waals surface area contributed by atoms with E-state index in [0.717, 1.165) is 38.9 Å². The van der Waals surface area contributed by atoms with Crippen LogP contribution in [0.1, 0.15) is 52.4 Å². The normalized spacial score (nSPS) is 20.1. The quantitative estimate of drug-likeness (QED) is 0.676. The molecule has 1 heterocycles. The Kier molecular flexibility index (Phi) is 5.92. The van der Waals surface area contributed by atoms with E-state index in [4.69, 9.17) is 4.74 Å². The highest BCUT2D eigenvalue weighted by Gasteiger charge is 2.26. The number of ketones is 1. The number of carbonyl (C=O) groups is 1. The molecule has 0 radical (unpaired) electrons. The first-order valence-corrected chi connectivity index (χ1v) is 6.41. The third-order valence-corrected chi connectivity index (χ3v) is 3.42. The largest absolute Gasteiger partial charge is 0.381 e. The molecular formula is C13H24O2. The number of unbranched alkanes of at least 4 members (excludes halogenated alkanes) is 1. The summed E-state index contributed by atoms with van der Waals surface area (Å²) < 4.78 is 5.29. The lowest BCUT2D eigenvalue weighted by Gasteiger charge is -2.24. The summed E-state index contributed by atoms with van der Waals surface area (Å²) in [6, 6.07) is 0. The van der Waals surface area contributed by atoms with Gasteiger partial charge in [-0.25, -0.2) is 0 Å². The maximum Gasteiger partial charge on any atom is 0.139 e. The van der Waals surface area contributed by atoms with Crippen LogP contribution in [-0.2, 0) is 9.53 Å². The van der Waals surface area contributed by atoms with Gasteiger partial charge in [0.25, 0.3) is 0 Å². The second kappa shape index (κ2) is 7.00. The minimum atomic E-state index is 0.292. The van der Waals surface area contributed by atoms with Crippen molar-refractivity contribution in [2.75, 3.05) is 13.2 Å². The summed E-state index contributed by atoms with van der Waals surface area (Å²) in [4.78, 5) is 12.2. The van der Waals surface area contributed by atoms with Crippen LogP contribution in [0.15, 0.2) is 0 Å². The van der Waals surface area contributed by atoms with E-state index in [1.54, 1.807) is 0 Å². The first-order chi connectivity index (χ1) is 7.29. The van der Waals surface area contributed by atoms with Gasteiger partial charge in [0, 0.05) is 25.0 Å². The van der Waals surface area contributed by atoms with Gasteiger partial charge < -0.3 is 4.74 Å². The van der Waals surface area contributed by atoms with E-state index in [2.05, 4.69) is 13.8 Å². The molecule has 0 aromatic rings. The van der Waals surface area contributed by atoms with Crippen LogP contribution in [-0.4, -0.2) is 19.0 Å². The fourth-order valence-corrected chi connectivity index (χ4v) is 2.31. The van der Waals surface area contributed by atoms with Crippen molar-refractivity contribution in [3.8, 4) is 0 Å². The van der Waals surface area contributed by atoms with Crippen LogP contribution in [0.25, 0.3) is 0 Å². The maximum absolute atomic E-state index is 12.2. The van der Waals surface area contributed by atoms with Crippen LogP contribution >= 0.6 is 0 Å². The smallest absolute Gasteiger partial charge is 0.139 e. The molecule has 1 atom stereocenters. The maximum atomic E-state index is 12.2. The molecule has 1 saturated heterocycles. The summed E-state index contributed by atoms with van der Waals surface area (Å²) in [5.41, 5.74) is 0. The molecule has 88 valence electrons. The van der Waals surface area contributed by atoms with Gasteiger partial charge in [-0.15, -0.1) is 0 Å². The van der Waals surface area contributed by atoms with Crippen LogP contribution in [0.5, 0.6) is 0 Å². The average molecular weight is 212 g/mol. The molecule has 2 heteroatoms. The Morgan fingerprint density at radius 1 is 1.33 bits per heavy atom. The van der Waals surface area contributed by atoms with Crippen molar-refractivity contribution in [1.82, 2.24) is 0 Å². The van der Waals surface area contributed by atoms with E-state index in [-0.39, 0.29) is 0 Å². The Morgan fingerprint density at radius 2 is 2.00 bits per heavy atom. The zero-order chi connectivity index (χ0) is 11.1. The lowest BCUT2D eigenvalue weighted by Crippen LogP contribution is -2.28. The van der Waals surface area contributed by atoms with Gasteiger partial charge in [-0.2, -0.15) is 0 Å². The lowest BCUT2D eigenvalue weighted by molar-refractivity contribution is -0.130. The SMILES string of the molecule is CCCCC(CC)C(=O)C1CCOCC1. The molecular weight excluding hydrogens is 188 g/mol. The molecule has 15 heavy (non-hydrogen) atoms. The van der Waals surface area contributed by atoms with Crippen LogP contribution < -0.4 is 0 Å². The number of rotatable bonds is 6. The fraction of sp³-hybridized carbons (Fsp3) is 0.923. The van der Waals surface area contributed by atoms with E-state index in [1.165, 1.54) is 12.8 Å². The van der Waals surface area contributed by atoms with Gasteiger partial charge in [0.05, 0.1) is 0 Å². The standard InChI is InChI=1S/C13H24O2/c1-3-5-6-11(4-2)13(14)12-7-9-15-10-8-12/h11-12H,3-10H2,1-2H3. The molecule has 0 saturated carbocycles. The second-order valence-electron chi connectivity index (χ2n) is 4.54. The number of Topliss-reactive ketones (excluding diaryl/α,β-unsaturated/α-hetero) is 1. The molecule has 0 spiro atoms. The molecule has 1 rings (SSSR count). The highest BCUT2D eigenvalue weighted by atomic mass is 16.5. The van der Waals surface area contributed by atoms with Crippen molar-refractivity contribution in [2.45, 2.75) is 52.4 Å². The van der Waals surface area contributed by atoms with Gasteiger partial charge in [-0.1, -0.05) is 26.7 Å². The Labute approximate surface area is 93.4 Å². The van der Waals surface area contributed by atoms with Crippen LogP contribution in [0, 0.1) is 11.8 Å². The molecule has 1 aliphatic heterocycles. The summed E-state index contributed by atoms with van der Waals surface area (Å²) in [6.45, 7) is 5.88. The molecule has 0 aromatic heterocycles. The zero-order valence-electron chi connectivity index (χ0n) is 10.1. The van der Waals surface area contributed by atoms with Crippen LogP contribution in [0.2, 0.25) is 0 Å². The Hall–Kier alpha value is -0.370. The van der Waals surface area contributed by atoms with E-state index in [9.17, 15) is 4.79 Å². The Balaban J connectivity index is 2.40. The second-order valence-corrected chi connectivity index (χ2v) is 4.54. The first-order valence-electron chi connectivity index (χ1n) is 6.41. The Bertz CT molecular complexity index is 183. The number of hydrogen-bond acceptors (Lipinski definition) is 2. The Morgan fingerprint density at radius 3 is 2.53 bits per heavy atom. The van der Waals surface area contributed by atoms with Crippen LogP contribution in [0.3, 0.4) is 0 Å². The molecule has 0 N–H and O–H groups in total. The topological polar surface area (TPSA) is 26.3 Å². The summed E-state index contributed by atoms with van der Waals surface area (Å²) in [5, 5.41) is 0. The van der Waals surface area contributed by atoms with Crippen LogP contribution in [0.4, 0.5) is 0 Å². The monoisotopic (exact) mass is 212 g/mol. The van der Waals surface area contributed by atoms with Crippen molar-refractivity contribution < 1.29 is 9.53 Å². The van der Waals surface area contributed by atoms with Gasteiger partial charge in [0.1, 0.15) is 5.78 Å². The molecule has 1 aliphatic rings. The average Bonchev–Trinajstić information content (AvgIpc) is 2.31. The predicted octanol–water partition coefficient (Wildman–Crippen LogP) is 3.20. The van der Waals surface area contributed by atoms with Crippen molar-refractivity contribution in [1.29, 1.82) is 0 Å². The van der Waals surface area contributed by atoms with E-state index in [1.807, 2.05) is 0 Å². The molecule has 0 bridgehead atoms. The lowest BCUT2D eigenvalue weighted by atomic mass is 9.83. The molecule has 1 unspecified atom stereocenters. The molecule has 0 aliphatic carbocycles. The van der Waals surface area contributed by atoms with Gasteiger partial charge in [0.15, 0.2) is 0 Å². The molecule has 1 fully saturated rings. The van der Waals surface area contributed by atoms with Gasteiger partial charge in [-0.3, -0.25) is 4.79 Å². The van der Waals surface area contributed by atoms with Gasteiger partial charge >= 0.3 is 0 Å². The molecule has 2 nitrogen and oxygen atoms in total. The number of hydrogen-bond donors (Lipinski definition) is 0. The van der Waals surface area contributed by atoms with Crippen molar-refractivity contribution in [3.63, 3.8) is 0 Å². The minimum absolute atomic E-state index is 0.292.